The summed E-state index contributed by atoms with van der Waals surface area (Å²) < 4.78 is 5.46. The van der Waals surface area contributed by atoms with Gasteiger partial charge >= 0.3 is 5.97 Å². The van der Waals surface area contributed by atoms with Crippen LogP contribution in [0.2, 0.25) is 0 Å². The molecule has 1 aromatic rings. The van der Waals surface area contributed by atoms with Crippen molar-refractivity contribution in [2.45, 2.75) is 127 Å². The molecule has 1 aromatic carbocycles. The Kier molecular flexibility index (Phi) is 13.6. The summed E-state index contributed by atoms with van der Waals surface area (Å²) in [5.74, 6) is 3.06. The predicted octanol–water partition coefficient (Wildman–Crippen LogP) is 9.17. The SMILES string of the molecule is CC(=O)Oc1c(C)c(C)c(O)c(CC=C(C)CCC[C@H](C)CCC[C@H](C)CCCC(C)C)c1C. The zero-order valence-electron chi connectivity index (χ0n) is 23.6. The van der Waals surface area contributed by atoms with Gasteiger partial charge in [-0.15, -0.1) is 0 Å². The van der Waals surface area contributed by atoms with Crippen LogP contribution >= 0.6 is 0 Å². The van der Waals surface area contributed by atoms with Crippen molar-refractivity contribution in [3.8, 4) is 11.5 Å². The van der Waals surface area contributed by atoms with Crippen LogP contribution in [0.15, 0.2) is 11.6 Å². The number of allylic oxidation sites excluding steroid dienone is 2. The van der Waals surface area contributed by atoms with Crippen LogP contribution in [0.1, 0.15) is 122 Å². The monoisotopic (exact) mass is 472 g/mol. The third kappa shape index (κ3) is 10.7. The molecular weight excluding hydrogens is 420 g/mol. The molecule has 0 heterocycles. The van der Waals surface area contributed by atoms with Crippen LogP contribution in [-0.2, 0) is 11.2 Å². The van der Waals surface area contributed by atoms with Crippen molar-refractivity contribution in [1.29, 1.82) is 0 Å². The molecule has 3 heteroatoms. The first kappa shape index (κ1) is 30.3. The number of carbonyl (C=O) groups excluding carboxylic acids is 1. The van der Waals surface area contributed by atoms with E-state index in [-0.39, 0.29) is 5.97 Å². The van der Waals surface area contributed by atoms with E-state index in [9.17, 15) is 9.90 Å². The second-order valence-corrected chi connectivity index (χ2v) is 11.2. The van der Waals surface area contributed by atoms with Gasteiger partial charge in [0.25, 0.3) is 0 Å². The highest BCUT2D eigenvalue weighted by molar-refractivity contribution is 5.72. The minimum absolute atomic E-state index is 0.321. The molecule has 194 valence electrons. The first-order valence-electron chi connectivity index (χ1n) is 13.6. The predicted molar refractivity (Wildman–Crippen MR) is 146 cm³/mol. The number of esters is 1. The number of benzene rings is 1. The van der Waals surface area contributed by atoms with Gasteiger partial charge in [-0.1, -0.05) is 84.3 Å². The number of aromatic hydroxyl groups is 1. The third-order valence-corrected chi connectivity index (χ3v) is 7.38. The van der Waals surface area contributed by atoms with Gasteiger partial charge in [-0.25, -0.2) is 0 Å². The van der Waals surface area contributed by atoms with E-state index in [1.54, 1.807) is 0 Å². The van der Waals surface area contributed by atoms with Gasteiger partial charge < -0.3 is 9.84 Å². The molecule has 0 saturated heterocycles. The Hall–Kier alpha value is -1.77. The number of phenolic OH excluding ortho intramolecular Hbond substituents is 1. The lowest BCUT2D eigenvalue weighted by molar-refractivity contribution is -0.131. The number of rotatable bonds is 15. The molecule has 3 nitrogen and oxygen atoms in total. The minimum atomic E-state index is -0.330. The van der Waals surface area contributed by atoms with Crippen molar-refractivity contribution in [2.75, 3.05) is 0 Å². The van der Waals surface area contributed by atoms with Crippen LogP contribution in [0.5, 0.6) is 11.5 Å². The van der Waals surface area contributed by atoms with Crippen molar-refractivity contribution in [3.63, 3.8) is 0 Å². The van der Waals surface area contributed by atoms with Crippen LogP contribution in [0.25, 0.3) is 0 Å². The van der Waals surface area contributed by atoms with E-state index in [4.69, 9.17) is 4.74 Å². The fourth-order valence-corrected chi connectivity index (χ4v) is 4.80. The Balaban J connectivity index is 2.49. The van der Waals surface area contributed by atoms with Gasteiger partial charge in [0.15, 0.2) is 0 Å². The van der Waals surface area contributed by atoms with Crippen LogP contribution in [0.4, 0.5) is 0 Å². The molecule has 2 atom stereocenters. The number of carbonyl (C=O) groups is 1. The average molecular weight is 473 g/mol. The van der Waals surface area contributed by atoms with Crippen molar-refractivity contribution in [1.82, 2.24) is 0 Å². The summed E-state index contributed by atoms with van der Waals surface area (Å²) >= 11 is 0. The Morgan fingerprint density at radius 1 is 0.824 bits per heavy atom. The van der Waals surface area contributed by atoms with Crippen molar-refractivity contribution < 1.29 is 14.6 Å². The molecule has 0 radical (unpaired) electrons. The van der Waals surface area contributed by atoms with Gasteiger partial charge in [-0.3, -0.25) is 4.79 Å². The molecule has 0 fully saturated rings. The van der Waals surface area contributed by atoms with Crippen molar-refractivity contribution in [3.05, 3.63) is 33.9 Å². The summed E-state index contributed by atoms with van der Waals surface area (Å²) in [6.07, 6.45) is 14.7. The summed E-state index contributed by atoms with van der Waals surface area (Å²) in [7, 11) is 0. The van der Waals surface area contributed by atoms with Crippen molar-refractivity contribution in [2.24, 2.45) is 17.8 Å². The number of phenols is 1. The lowest BCUT2D eigenvalue weighted by atomic mass is 9.91. The molecule has 1 N–H and O–H groups in total. The molecule has 0 aromatic heterocycles. The van der Waals surface area contributed by atoms with Crippen LogP contribution in [0, 0.1) is 38.5 Å². The van der Waals surface area contributed by atoms with E-state index in [0.29, 0.717) is 17.9 Å². The second-order valence-electron chi connectivity index (χ2n) is 11.2. The molecule has 0 saturated carbocycles. The zero-order valence-corrected chi connectivity index (χ0v) is 23.6. The lowest BCUT2D eigenvalue weighted by Crippen LogP contribution is -2.07. The fourth-order valence-electron chi connectivity index (χ4n) is 4.80. The maximum Gasteiger partial charge on any atom is 0.308 e. The molecular formula is C31H52O3. The van der Waals surface area contributed by atoms with E-state index in [1.165, 1.54) is 63.9 Å². The molecule has 1 rings (SSSR count). The zero-order chi connectivity index (χ0) is 25.8. The van der Waals surface area contributed by atoms with E-state index in [2.05, 4.69) is 40.7 Å². The van der Waals surface area contributed by atoms with Crippen LogP contribution in [-0.4, -0.2) is 11.1 Å². The normalized spacial score (nSPS) is 13.9. The Bertz CT molecular complexity index is 804. The molecule has 0 aliphatic heterocycles. The highest BCUT2D eigenvalue weighted by atomic mass is 16.5. The van der Waals surface area contributed by atoms with E-state index in [0.717, 1.165) is 46.4 Å². The standard InChI is InChI=1S/C31H52O3/c1-21(2)13-10-14-22(3)15-11-16-23(4)17-12-18-24(5)19-20-29-27(8)31(34-28(9)32)26(7)25(6)30(29)33/h19,21-23,33H,10-18,20H2,1-9H3/t22-,23-/m1/s1. The Morgan fingerprint density at radius 2 is 1.35 bits per heavy atom. The maximum absolute atomic E-state index is 11.5. The van der Waals surface area contributed by atoms with Gasteiger partial charge in [0.1, 0.15) is 11.5 Å². The summed E-state index contributed by atoms with van der Waals surface area (Å²) in [6, 6.07) is 0. The van der Waals surface area contributed by atoms with Crippen LogP contribution in [0.3, 0.4) is 0 Å². The van der Waals surface area contributed by atoms with Gasteiger partial charge in [-0.05, 0) is 81.4 Å². The van der Waals surface area contributed by atoms with E-state index >= 15 is 0 Å². The van der Waals surface area contributed by atoms with Crippen LogP contribution < -0.4 is 4.74 Å². The molecule has 0 spiro atoms. The first-order valence-corrected chi connectivity index (χ1v) is 13.6. The largest absolute Gasteiger partial charge is 0.507 e. The molecule has 0 aliphatic rings. The number of ether oxygens (including phenoxy) is 1. The first-order chi connectivity index (χ1) is 15.9. The minimum Gasteiger partial charge on any atom is -0.507 e. The van der Waals surface area contributed by atoms with Crippen molar-refractivity contribution >= 4 is 5.97 Å². The quantitative estimate of drug-likeness (QED) is 0.157. The lowest BCUT2D eigenvalue weighted by Gasteiger charge is -2.18. The van der Waals surface area contributed by atoms with E-state index < -0.39 is 0 Å². The highest BCUT2D eigenvalue weighted by Gasteiger charge is 2.18. The Labute approximate surface area is 210 Å². The number of hydrogen-bond acceptors (Lipinski definition) is 3. The van der Waals surface area contributed by atoms with E-state index in [1.807, 2.05) is 20.8 Å². The topological polar surface area (TPSA) is 46.5 Å². The molecule has 0 aliphatic carbocycles. The molecule has 0 amide bonds. The smallest absolute Gasteiger partial charge is 0.308 e. The summed E-state index contributed by atoms with van der Waals surface area (Å²) in [5, 5.41) is 10.7. The number of hydrogen-bond donors (Lipinski definition) is 1. The van der Waals surface area contributed by atoms with Gasteiger partial charge in [-0.2, -0.15) is 0 Å². The third-order valence-electron chi connectivity index (χ3n) is 7.38. The Morgan fingerprint density at radius 3 is 1.88 bits per heavy atom. The highest BCUT2D eigenvalue weighted by Crippen LogP contribution is 2.37. The van der Waals surface area contributed by atoms with Gasteiger partial charge in [0, 0.05) is 12.5 Å². The molecule has 0 bridgehead atoms. The van der Waals surface area contributed by atoms with Gasteiger partial charge in [0.05, 0.1) is 0 Å². The summed E-state index contributed by atoms with van der Waals surface area (Å²) in [4.78, 5) is 11.5. The summed E-state index contributed by atoms with van der Waals surface area (Å²) in [6.45, 7) is 18.8. The fraction of sp³-hybridized carbons (Fsp3) is 0.710. The van der Waals surface area contributed by atoms with Gasteiger partial charge in [0.2, 0.25) is 0 Å². The second kappa shape index (κ2) is 15.3. The molecule has 34 heavy (non-hydrogen) atoms. The summed E-state index contributed by atoms with van der Waals surface area (Å²) in [5.41, 5.74) is 4.68. The maximum atomic E-state index is 11.5. The average Bonchev–Trinajstić information content (AvgIpc) is 2.75. The molecule has 0 unspecified atom stereocenters.